The predicted molar refractivity (Wildman–Crippen MR) is 289 cm³/mol. The van der Waals surface area contributed by atoms with Crippen molar-refractivity contribution < 1.29 is 32.9 Å². The molecule has 0 aliphatic rings. The van der Waals surface area contributed by atoms with Gasteiger partial charge in [-0.2, -0.15) is 0 Å². The molecule has 0 bridgehead atoms. The molecular formula is C58H117N2O6P. The van der Waals surface area contributed by atoms with Crippen molar-refractivity contribution in [1.29, 1.82) is 0 Å². The summed E-state index contributed by atoms with van der Waals surface area (Å²) in [6.45, 7) is 4.68. The van der Waals surface area contributed by atoms with Crippen molar-refractivity contribution in [3.63, 3.8) is 0 Å². The lowest BCUT2D eigenvalue weighted by Gasteiger charge is -2.29. The zero-order valence-corrected chi connectivity index (χ0v) is 46.5. The highest BCUT2D eigenvalue weighted by Crippen LogP contribution is 2.38. The molecule has 0 radical (unpaired) electrons. The highest BCUT2D eigenvalue weighted by atomic mass is 31.2. The third-order valence-corrected chi connectivity index (χ3v) is 14.7. The summed E-state index contributed by atoms with van der Waals surface area (Å²) in [5.41, 5.74) is 0. The number of phosphoric ester groups is 1. The first-order valence-corrected chi connectivity index (χ1v) is 31.0. The Labute approximate surface area is 418 Å². The van der Waals surface area contributed by atoms with Crippen LogP contribution in [0.1, 0.15) is 303 Å². The summed E-state index contributed by atoms with van der Waals surface area (Å²) in [7, 11) is 1.28. The fourth-order valence-corrected chi connectivity index (χ4v) is 9.82. The minimum Gasteiger partial charge on any atom is -0.756 e. The third kappa shape index (κ3) is 52.9. The highest BCUT2D eigenvalue weighted by Gasteiger charge is 2.23. The number of carbonyl (C=O) groups is 1. The lowest BCUT2D eigenvalue weighted by molar-refractivity contribution is -0.870. The van der Waals surface area contributed by atoms with Gasteiger partial charge in [0, 0.05) is 6.42 Å². The number of aliphatic hydroxyl groups excluding tert-OH is 1. The van der Waals surface area contributed by atoms with Crippen LogP contribution in [0.25, 0.3) is 0 Å². The van der Waals surface area contributed by atoms with E-state index < -0.39 is 20.0 Å². The number of nitrogens with one attached hydrogen (secondary N) is 1. The maximum atomic E-state index is 12.9. The Hall–Kier alpha value is -0.760. The molecule has 0 aromatic rings. The lowest BCUT2D eigenvalue weighted by Crippen LogP contribution is -2.45. The van der Waals surface area contributed by atoms with Crippen LogP contribution >= 0.6 is 7.82 Å². The SMILES string of the molecule is CCCCCCCCCCCC/C=C/[C@@H](O)[C@H](COP(=O)([O-])OCC[N+](C)(C)C)NC(=O)CCCCCCCCCCCCCCCCCCCCCCCCCCCCCCCCCCC. The van der Waals surface area contributed by atoms with E-state index in [0.717, 1.165) is 38.5 Å². The summed E-state index contributed by atoms with van der Waals surface area (Å²) in [6, 6.07) is -0.881. The summed E-state index contributed by atoms with van der Waals surface area (Å²) in [6.07, 6.45) is 61.7. The molecule has 0 heterocycles. The Morgan fingerprint density at radius 3 is 1.12 bits per heavy atom. The van der Waals surface area contributed by atoms with Gasteiger partial charge in [-0.25, -0.2) is 0 Å². The molecule has 0 aliphatic carbocycles. The molecule has 0 aliphatic heterocycles. The van der Waals surface area contributed by atoms with E-state index in [2.05, 4.69) is 19.2 Å². The molecule has 1 unspecified atom stereocenters. The van der Waals surface area contributed by atoms with Gasteiger partial charge in [0.05, 0.1) is 39.9 Å². The van der Waals surface area contributed by atoms with Crippen LogP contribution in [0.15, 0.2) is 12.2 Å². The van der Waals surface area contributed by atoms with Crippen LogP contribution in [0.4, 0.5) is 0 Å². The van der Waals surface area contributed by atoms with Gasteiger partial charge in [-0.1, -0.05) is 289 Å². The topological polar surface area (TPSA) is 108 Å². The second-order valence-electron chi connectivity index (χ2n) is 21.7. The van der Waals surface area contributed by atoms with Crippen molar-refractivity contribution in [2.24, 2.45) is 0 Å². The van der Waals surface area contributed by atoms with E-state index in [4.69, 9.17) is 9.05 Å². The second-order valence-corrected chi connectivity index (χ2v) is 23.1. The molecule has 0 aromatic carbocycles. The Kier molecular flexibility index (Phi) is 49.6. The first kappa shape index (κ1) is 66.2. The predicted octanol–water partition coefficient (Wildman–Crippen LogP) is 17.2. The molecule has 0 rings (SSSR count). The monoisotopic (exact) mass is 969 g/mol. The molecule has 1 amide bonds. The number of phosphoric acid groups is 1. The van der Waals surface area contributed by atoms with Crippen molar-refractivity contribution >= 4 is 13.7 Å². The summed E-state index contributed by atoms with van der Waals surface area (Å²) in [5, 5.41) is 13.8. The third-order valence-electron chi connectivity index (χ3n) is 13.7. The first-order valence-electron chi connectivity index (χ1n) is 29.6. The maximum absolute atomic E-state index is 12.9. The molecular weight excluding hydrogens is 852 g/mol. The highest BCUT2D eigenvalue weighted by molar-refractivity contribution is 7.45. The van der Waals surface area contributed by atoms with Gasteiger partial charge in [0.15, 0.2) is 0 Å². The van der Waals surface area contributed by atoms with Crippen LogP contribution in [-0.2, 0) is 18.4 Å². The molecule has 0 saturated heterocycles. The zero-order valence-electron chi connectivity index (χ0n) is 45.6. The van der Waals surface area contributed by atoms with Crippen LogP contribution < -0.4 is 10.2 Å². The standard InChI is InChI=1S/C58H117N2O6P/c1-6-8-10-12-14-16-18-20-21-22-23-24-25-26-27-28-29-30-31-32-33-34-35-36-37-38-39-40-42-44-46-48-50-52-58(62)59-56(55-66-67(63,64)65-54-53-60(3,4)5)57(61)51-49-47-45-43-41-19-17-15-13-11-9-7-2/h49,51,56-57,61H,6-48,50,52-55H2,1-5H3,(H-,59,62,63,64)/b51-49+/t56-,57+/m0/s1. The molecule has 0 fully saturated rings. The average molecular weight is 970 g/mol. The molecule has 0 saturated carbocycles. The Bertz CT molecular complexity index is 1100. The number of likely N-dealkylation sites (N-methyl/N-ethyl adjacent to an activating group) is 1. The molecule has 2 N–H and O–H groups in total. The normalized spacial score (nSPS) is 14.0. The molecule has 67 heavy (non-hydrogen) atoms. The van der Waals surface area contributed by atoms with Gasteiger partial charge in [-0.15, -0.1) is 0 Å². The molecule has 0 aromatic heterocycles. The summed E-state index contributed by atoms with van der Waals surface area (Å²) < 4.78 is 23.3. The van der Waals surface area contributed by atoms with Gasteiger partial charge in [-0.05, 0) is 19.3 Å². The number of hydrogen-bond donors (Lipinski definition) is 2. The van der Waals surface area contributed by atoms with Crippen molar-refractivity contribution in [1.82, 2.24) is 5.32 Å². The number of quaternary nitrogens is 1. The van der Waals surface area contributed by atoms with Gasteiger partial charge in [-0.3, -0.25) is 9.36 Å². The smallest absolute Gasteiger partial charge is 0.268 e. The van der Waals surface area contributed by atoms with E-state index in [0.29, 0.717) is 17.4 Å². The van der Waals surface area contributed by atoms with Gasteiger partial charge < -0.3 is 28.8 Å². The molecule has 8 nitrogen and oxygen atoms in total. The van der Waals surface area contributed by atoms with Crippen LogP contribution in [0, 0.1) is 0 Å². The summed E-state index contributed by atoms with van der Waals surface area (Å²) >= 11 is 0. The van der Waals surface area contributed by atoms with Crippen LogP contribution in [-0.4, -0.2) is 68.5 Å². The van der Waals surface area contributed by atoms with Crippen LogP contribution in [0.2, 0.25) is 0 Å². The Morgan fingerprint density at radius 2 is 0.806 bits per heavy atom. The number of unbranched alkanes of at least 4 members (excludes halogenated alkanes) is 42. The number of carbonyl (C=O) groups excluding carboxylic acids is 1. The van der Waals surface area contributed by atoms with Gasteiger partial charge >= 0.3 is 0 Å². The van der Waals surface area contributed by atoms with E-state index in [1.165, 1.54) is 244 Å². The van der Waals surface area contributed by atoms with E-state index in [9.17, 15) is 19.4 Å². The number of allylic oxidation sites excluding steroid dienone is 1. The summed E-state index contributed by atoms with van der Waals surface area (Å²) in [4.78, 5) is 25.4. The summed E-state index contributed by atoms with van der Waals surface area (Å²) in [5.74, 6) is -0.192. The molecule has 9 heteroatoms. The van der Waals surface area contributed by atoms with Gasteiger partial charge in [0.2, 0.25) is 5.91 Å². The largest absolute Gasteiger partial charge is 0.756 e. The molecule has 0 spiro atoms. The minimum absolute atomic E-state index is 0.00233. The van der Waals surface area contributed by atoms with Gasteiger partial charge in [0.1, 0.15) is 13.2 Å². The molecule has 400 valence electrons. The number of hydrogen-bond acceptors (Lipinski definition) is 6. The van der Waals surface area contributed by atoms with E-state index >= 15 is 0 Å². The van der Waals surface area contributed by atoms with E-state index in [-0.39, 0.29) is 19.1 Å². The van der Waals surface area contributed by atoms with Crippen molar-refractivity contribution in [2.45, 2.75) is 315 Å². The number of aliphatic hydroxyl groups is 1. The van der Waals surface area contributed by atoms with Crippen molar-refractivity contribution in [3.8, 4) is 0 Å². The molecule has 3 atom stereocenters. The Morgan fingerprint density at radius 1 is 0.507 bits per heavy atom. The zero-order chi connectivity index (χ0) is 49.2. The van der Waals surface area contributed by atoms with Crippen molar-refractivity contribution in [3.05, 3.63) is 12.2 Å². The van der Waals surface area contributed by atoms with E-state index in [1.807, 2.05) is 27.2 Å². The number of amides is 1. The van der Waals surface area contributed by atoms with Gasteiger partial charge in [0.25, 0.3) is 7.82 Å². The van der Waals surface area contributed by atoms with Crippen LogP contribution in [0.5, 0.6) is 0 Å². The van der Waals surface area contributed by atoms with Crippen LogP contribution in [0.3, 0.4) is 0 Å². The Balaban J connectivity index is 3.92. The average Bonchev–Trinajstić information content (AvgIpc) is 3.29. The number of nitrogens with zero attached hydrogens (tertiary/aromatic N) is 1. The second kappa shape index (κ2) is 50.2. The fourth-order valence-electron chi connectivity index (χ4n) is 9.10. The number of rotatable bonds is 55. The van der Waals surface area contributed by atoms with Crippen molar-refractivity contribution in [2.75, 3.05) is 40.9 Å². The minimum atomic E-state index is -4.59. The lowest BCUT2D eigenvalue weighted by atomic mass is 10.0. The fraction of sp³-hybridized carbons (Fsp3) is 0.948. The quantitative estimate of drug-likeness (QED) is 0.0272. The first-order chi connectivity index (χ1) is 32.5. The maximum Gasteiger partial charge on any atom is 0.268 e. The van der Waals surface area contributed by atoms with E-state index in [1.54, 1.807) is 6.08 Å².